The number of imidazole rings is 1. The van der Waals surface area contributed by atoms with Gasteiger partial charge in [0.2, 0.25) is 0 Å². The SMILES string of the molecule is O=C(O)C1CCC(OCCn2ccnc2)CC1. The predicted molar refractivity (Wildman–Crippen MR) is 61.6 cm³/mol. The van der Waals surface area contributed by atoms with Crippen LogP contribution in [-0.4, -0.2) is 33.3 Å². The van der Waals surface area contributed by atoms with Crippen molar-refractivity contribution in [2.45, 2.75) is 38.3 Å². The summed E-state index contributed by atoms with van der Waals surface area (Å²) in [6.07, 6.45) is 8.86. The largest absolute Gasteiger partial charge is 0.481 e. The summed E-state index contributed by atoms with van der Waals surface area (Å²) >= 11 is 0. The van der Waals surface area contributed by atoms with Crippen LogP contribution in [0.15, 0.2) is 18.7 Å². The number of carboxylic acid groups (broad SMARTS) is 1. The fourth-order valence-corrected chi connectivity index (χ4v) is 2.22. The van der Waals surface area contributed by atoms with Gasteiger partial charge in [-0.25, -0.2) is 4.98 Å². The van der Waals surface area contributed by atoms with Gasteiger partial charge in [0.15, 0.2) is 0 Å². The summed E-state index contributed by atoms with van der Waals surface area (Å²) in [7, 11) is 0. The Morgan fingerprint density at radius 3 is 2.76 bits per heavy atom. The minimum Gasteiger partial charge on any atom is -0.481 e. The summed E-state index contributed by atoms with van der Waals surface area (Å²) in [5.74, 6) is -0.828. The fraction of sp³-hybridized carbons (Fsp3) is 0.667. The Morgan fingerprint density at radius 2 is 2.18 bits per heavy atom. The number of carboxylic acids is 1. The van der Waals surface area contributed by atoms with Crippen molar-refractivity contribution in [1.82, 2.24) is 9.55 Å². The van der Waals surface area contributed by atoms with Crippen LogP contribution in [0.4, 0.5) is 0 Å². The van der Waals surface area contributed by atoms with Gasteiger partial charge in [-0.05, 0) is 25.7 Å². The Balaban J connectivity index is 1.63. The summed E-state index contributed by atoms with van der Waals surface area (Å²) < 4.78 is 7.72. The third kappa shape index (κ3) is 3.56. The zero-order valence-electron chi connectivity index (χ0n) is 9.79. The van der Waals surface area contributed by atoms with E-state index in [0.29, 0.717) is 6.61 Å². The first-order chi connectivity index (χ1) is 8.25. The van der Waals surface area contributed by atoms with E-state index in [9.17, 15) is 4.79 Å². The van der Waals surface area contributed by atoms with Gasteiger partial charge in [0.05, 0.1) is 25.0 Å². The van der Waals surface area contributed by atoms with Crippen molar-refractivity contribution in [2.75, 3.05) is 6.61 Å². The maximum Gasteiger partial charge on any atom is 0.306 e. The van der Waals surface area contributed by atoms with Crippen molar-refractivity contribution in [3.8, 4) is 0 Å². The van der Waals surface area contributed by atoms with Crippen molar-refractivity contribution >= 4 is 5.97 Å². The van der Waals surface area contributed by atoms with Crippen molar-refractivity contribution in [3.63, 3.8) is 0 Å². The van der Waals surface area contributed by atoms with E-state index in [2.05, 4.69) is 4.98 Å². The van der Waals surface area contributed by atoms with Gasteiger partial charge in [0.1, 0.15) is 0 Å². The molecule has 1 saturated carbocycles. The monoisotopic (exact) mass is 238 g/mol. The molecule has 0 bridgehead atoms. The van der Waals surface area contributed by atoms with E-state index in [-0.39, 0.29) is 12.0 Å². The lowest BCUT2D eigenvalue weighted by atomic mass is 9.87. The van der Waals surface area contributed by atoms with Crippen LogP contribution < -0.4 is 0 Å². The molecule has 0 aliphatic heterocycles. The third-order valence-corrected chi connectivity index (χ3v) is 3.29. The van der Waals surface area contributed by atoms with Crippen LogP contribution in [-0.2, 0) is 16.1 Å². The lowest BCUT2D eigenvalue weighted by molar-refractivity contribution is -0.143. The Morgan fingerprint density at radius 1 is 1.41 bits per heavy atom. The summed E-state index contributed by atoms with van der Waals surface area (Å²) in [6, 6.07) is 0. The summed E-state index contributed by atoms with van der Waals surface area (Å²) in [4.78, 5) is 14.7. The van der Waals surface area contributed by atoms with Crippen LogP contribution in [0.3, 0.4) is 0 Å². The van der Waals surface area contributed by atoms with Gasteiger partial charge < -0.3 is 14.4 Å². The Bertz CT molecular complexity index is 343. The first-order valence-corrected chi connectivity index (χ1v) is 6.06. The molecule has 0 aromatic carbocycles. The zero-order valence-corrected chi connectivity index (χ0v) is 9.79. The quantitative estimate of drug-likeness (QED) is 0.845. The normalized spacial score (nSPS) is 24.7. The highest BCUT2D eigenvalue weighted by atomic mass is 16.5. The number of nitrogens with zero attached hydrogens (tertiary/aromatic N) is 2. The molecule has 1 aromatic heterocycles. The minimum atomic E-state index is -0.665. The predicted octanol–water partition coefficient (Wildman–Crippen LogP) is 1.54. The molecule has 1 aliphatic carbocycles. The highest BCUT2D eigenvalue weighted by Crippen LogP contribution is 2.26. The second kappa shape index (κ2) is 5.82. The summed E-state index contributed by atoms with van der Waals surface area (Å²) in [5.41, 5.74) is 0. The molecule has 0 spiro atoms. The second-order valence-corrected chi connectivity index (χ2v) is 4.48. The van der Waals surface area contributed by atoms with Crippen LogP contribution in [0.25, 0.3) is 0 Å². The maximum atomic E-state index is 10.8. The van der Waals surface area contributed by atoms with Gasteiger partial charge in [0, 0.05) is 18.9 Å². The molecule has 0 amide bonds. The van der Waals surface area contributed by atoms with Gasteiger partial charge in [-0.3, -0.25) is 4.79 Å². The first-order valence-electron chi connectivity index (χ1n) is 6.06. The molecule has 5 heteroatoms. The highest BCUT2D eigenvalue weighted by molar-refractivity contribution is 5.70. The van der Waals surface area contributed by atoms with Crippen LogP contribution in [0.2, 0.25) is 0 Å². The van der Waals surface area contributed by atoms with E-state index in [1.165, 1.54) is 0 Å². The van der Waals surface area contributed by atoms with E-state index in [1.54, 1.807) is 12.5 Å². The Hall–Kier alpha value is -1.36. The molecule has 5 nitrogen and oxygen atoms in total. The van der Waals surface area contributed by atoms with Crippen molar-refractivity contribution < 1.29 is 14.6 Å². The topological polar surface area (TPSA) is 64.3 Å². The van der Waals surface area contributed by atoms with Crippen LogP contribution in [0, 0.1) is 5.92 Å². The summed E-state index contributed by atoms with van der Waals surface area (Å²) in [6.45, 7) is 1.47. The number of ether oxygens (including phenoxy) is 1. The molecule has 0 unspecified atom stereocenters. The van der Waals surface area contributed by atoms with Crippen molar-refractivity contribution in [2.24, 2.45) is 5.92 Å². The molecule has 17 heavy (non-hydrogen) atoms. The molecule has 1 aliphatic rings. The standard InChI is InChI=1S/C12H18N2O3/c15-12(16)10-1-3-11(4-2-10)17-8-7-14-6-5-13-9-14/h5-6,9-11H,1-4,7-8H2,(H,15,16). The molecule has 0 radical (unpaired) electrons. The molecule has 1 N–H and O–H groups in total. The first kappa shape index (κ1) is 12.1. The van der Waals surface area contributed by atoms with E-state index in [4.69, 9.17) is 9.84 Å². The minimum absolute atomic E-state index is 0.163. The van der Waals surface area contributed by atoms with Crippen molar-refractivity contribution in [1.29, 1.82) is 0 Å². The average Bonchev–Trinajstić information content (AvgIpc) is 2.83. The zero-order chi connectivity index (χ0) is 12.1. The van der Waals surface area contributed by atoms with E-state index in [1.807, 2.05) is 10.8 Å². The smallest absolute Gasteiger partial charge is 0.306 e. The summed E-state index contributed by atoms with van der Waals surface area (Å²) in [5, 5.41) is 8.87. The molecule has 0 atom stereocenters. The van der Waals surface area contributed by atoms with Gasteiger partial charge >= 0.3 is 5.97 Å². The van der Waals surface area contributed by atoms with Crippen molar-refractivity contribution in [3.05, 3.63) is 18.7 Å². The fourth-order valence-electron chi connectivity index (χ4n) is 2.22. The number of hydrogen-bond donors (Lipinski definition) is 1. The number of hydrogen-bond acceptors (Lipinski definition) is 3. The number of rotatable bonds is 5. The molecule has 0 saturated heterocycles. The lowest BCUT2D eigenvalue weighted by Crippen LogP contribution is -2.26. The lowest BCUT2D eigenvalue weighted by Gasteiger charge is -2.26. The molecular weight excluding hydrogens is 220 g/mol. The number of aromatic nitrogens is 2. The van der Waals surface area contributed by atoms with Gasteiger partial charge in [0.25, 0.3) is 0 Å². The van der Waals surface area contributed by atoms with Gasteiger partial charge in [-0.2, -0.15) is 0 Å². The molecular formula is C12H18N2O3. The van der Waals surface area contributed by atoms with E-state index in [0.717, 1.165) is 32.2 Å². The molecule has 94 valence electrons. The van der Waals surface area contributed by atoms with Crippen LogP contribution in [0.5, 0.6) is 0 Å². The van der Waals surface area contributed by atoms with Crippen LogP contribution >= 0.6 is 0 Å². The number of carbonyl (C=O) groups is 1. The Kier molecular flexibility index (Phi) is 4.14. The number of aliphatic carboxylic acids is 1. The second-order valence-electron chi connectivity index (χ2n) is 4.48. The van der Waals surface area contributed by atoms with E-state index < -0.39 is 5.97 Å². The van der Waals surface area contributed by atoms with Gasteiger partial charge in [-0.1, -0.05) is 0 Å². The molecule has 1 aromatic rings. The maximum absolute atomic E-state index is 10.8. The highest BCUT2D eigenvalue weighted by Gasteiger charge is 2.25. The average molecular weight is 238 g/mol. The molecule has 1 heterocycles. The third-order valence-electron chi connectivity index (χ3n) is 3.29. The van der Waals surface area contributed by atoms with Crippen LogP contribution in [0.1, 0.15) is 25.7 Å². The van der Waals surface area contributed by atoms with E-state index >= 15 is 0 Å². The van der Waals surface area contributed by atoms with Gasteiger partial charge in [-0.15, -0.1) is 0 Å². The molecule has 2 rings (SSSR count). The molecule has 1 fully saturated rings. The Labute approximate surface area is 100 Å².